The van der Waals surface area contributed by atoms with Crippen LogP contribution in [0.25, 0.3) is 0 Å². The summed E-state index contributed by atoms with van der Waals surface area (Å²) in [5, 5.41) is 7.06. The van der Waals surface area contributed by atoms with E-state index in [1.54, 1.807) is 31.5 Å². The van der Waals surface area contributed by atoms with E-state index in [2.05, 4.69) is 10.4 Å². The number of halogens is 1. The zero-order valence-electron chi connectivity index (χ0n) is 15.2. The number of hydrogen-bond acceptors (Lipinski definition) is 5. The lowest BCUT2D eigenvalue weighted by molar-refractivity contribution is -0.124. The third-order valence-corrected chi connectivity index (χ3v) is 4.67. The molecule has 2 aromatic rings. The standard InChI is InChI=1S/C19H23FN4O3/c1-27-9-8-24-18(25)10-17(12-22-24)23-7-6-15(13-23)19(26)21-11-14-2-4-16(20)5-3-14/h2-5,10,12,15H,6-9,11,13H2,1H3,(H,21,26). The lowest BCUT2D eigenvalue weighted by atomic mass is 10.1. The molecule has 0 bridgehead atoms. The van der Waals surface area contributed by atoms with Crippen LogP contribution in [-0.4, -0.2) is 42.5 Å². The molecule has 0 saturated carbocycles. The predicted octanol–water partition coefficient (Wildman–Crippen LogP) is 1.17. The maximum Gasteiger partial charge on any atom is 0.268 e. The number of hydrogen-bond donors (Lipinski definition) is 1. The van der Waals surface area contributed by atoms with Gasteiger partial charge in [-0.25, -0.2) is 9.07 Å². The summed E-state index contributed by atoms with van der Waals surface area (Å²) in [7, 11) is 1.57. The first kappa shape index (κ1) is 19.0. The second-order valence-corrected chi connectivity index (χ2v) is 6.54. The first-order valence-electron chi connectivity index (χ1n) is 8.90. The molecule has 1 atom stereocenters. The molecule has 1 aromatic heterocycles. The smallest absolute Gasteiger partial charge is 0.268 e. The molecule has 144 valence electrons. The highest BCUT2D eigenvalue weighted by Crippen LogP contribution is 2.22. The quantitative estimate of drug-likeness (QED) is 0.787. The number of ether oxygens (including phenoxy) is 1. The zero-order chi connectivity index (χ0) is 19.2. The van der Waals surface area contributed by atoms with Crippen LogP contribution in [0.4, 0.5) is 10.1 Å². The molecule has 1 saturated heterocycles. The highest BCUT2D eigenvalue weighted by atomic mass is 19.1. The molecule has 0 spiro atoms. The van der Waals surface area contributed by atoms with Crippen LogP contribution in [0.15, 0.2) is 41.3 Å². The van der Waals surface area contributed by atoms with E-state index in [1.165, 1.54) is 16.8 Å². The van der Waals surface area contributed by atoms with Gasteiger partial charge in [0, 0.05) is 32.8 Å². The van der Waals surface area contributed by atoms with Gasteiger partial charge in [0.1, 0.15) is 5.82 Å². The van der Waals surface area contributed by atoms with Crippen LogP contribution >= 0.6 is 0 Å². The Bertz CT molecular complexity index is 838. The fraction of sp³-hybridized carbons (Fsp3) is 0.421. The molecule has 1 fully saturated rings. The molecule has 1 aliphatic rings. The summed E-state index contributed by atoms with van der Waals surface area (Å²) in [4.78, 5) is 26.5. The molecule has 1 aliphatic heterocycles. The van der Waals surface area contributed by atoms with E-state index in [9.17, 15) is 14.0 Å². The molecule has 2 heterocycles. The van der Waals surface area contributed by atoms with E-state index >= 15 is 0 Å². The van der Waals surface area contributed by atoms with Crippen molar-refractivity contribution in [3.05, 3.63) is 58.3 Å². The number of benzene rings is 1. The Balaban J connectivity index is 1.54. The maximum absolute atomic E-state index is 12.9. The van der Waals surface area contributed by atoms with E-state index in [4.69, 9.17) is 4.74 Å². The van der Waals surface area contributed by atoms with Crippen molar-refractivity contribution in [3.8, 4) is 0 Å². The van der Waals surface area contributed by atoms with E-state index in [-0.39, 0.29) is 23.2 Å². The van der Waals surface area contributed by atoms with E-state index < -0.39 is 0 Å². The molecule has 1 amide bonds. The minimum atomic E-state index is -0.297. The van der Waals surface area contributed by atoms with Crippen LogP contribution in [0.2, 0.25) is 0 Å². The fourth-order valence-electron chi connectivity index (χ4n) is 3.09. The highest BCUT2D eigenvalue weighted by molar-refractivity contribution is 5.80. The minimum absolute atomic E-state index is 0.0387. The fourth-order valence-corrected chi connectivity index (χ4v) is 3.09. The average molecular weight is 374 g/mol. The van der Waals surface area contributed by atoms with Gasteiger partial charge in [0.2, 0.25) is 5.91 Å². The van der Waals surface area contributed by atoms with Gasteiger partial charge < -0.3 is 15.0 Å². The van der Waals surface area contributed by atoms with Gasteiger partial charge in [-0.3, -0.25) is 9.59 Å². The Morgan fingerprint density at radius 3 is 2.85 bits per heavy atom. The van der Waals surface area contributed by atoms with Crippen molar-refractivity contribution >= 4 is 11.6 Å². The van der Waals surface area contributed by atoms with Crippen molar-refractivity contribution < 1.29 is 13.9 Å². The number of nitrogens with one attached hydrogen (secondary N) is 1. The minimum Gasteiger partial charge on any atom is -0.383 e. The first-order valence-corrected chi connectivity index (χ1v) is 8.90. The normalized spacial score (nSPS) is 16.5. The molecule has 1 unspecified atom stereocenters. The van der Waals surface area contributed by atoms with E-state index in [1.807, 2.05) is 4.90 Å². The van der Waals surface area contributed by atoms with Crippen molar-refractivity contribution in [2.75, 3.05) is 31.7 Å². The Morgan fingerprint density at radius 2 is 2.15 bits per heavy atom. The van der Waals surface area contributed by atoms with E-state index in [0.29, 0.717) is 39.2 Å². The highest BCUT2D eigenvalue weighted by Gasteiger charge is 2.28. The van der Waals surface area contributed by atoms with Gasteiger partial charge in [-0.05, 0) is 24.1 Å². The van der Waals surface area contributed by atoms with Crippen LogP contribution in [0.3, 0.4) is 0 Å². The number of carbonyl (C=O) groups is 1. The van der Waals surface area contributed by atoms with Crippen LogP contribution < -0.4 is 15.8 Å². The number of carbonyl (C=O) groups excluding carboxylic acids is 1. The molecule has 1 N–H and O–H groups in total. The van der Waals surface area contributed by atoms with Gasteiger partial charge >= 0.3 is 0 Å². The molecule has 8 heteroatoms. The van der Waals surface area contributed by atoms with Gasteiger partial charge in [0.25, 0.3) is 5.56 Å². The van der Waals surface area contributed by atoms with Gasteiger partial charge in [0.15, 0.2) is 0 Å². The Hall–Kier alpha value is -2.74. The predicted molar refractivity (Wildman–Crippen MR) is 98.9 cm³/mol. The van der Waals surface area contributed by atoms with Gasteiger partial charge in [0.05, 0.1) is 31.0 Å². The van der Waals surface area contributed by atoms with Crippen molar-refractivity contribution in [1.29, 1.82) is 0 Å². The lowest BCUT2D eigenvalue weighted by Crippen LogP contribution is -2.33. The molecule has 1 aromatic carbocycles. The van der Waals surface area contributed by atoms with Crippen molar-refractivity contribution in [2.45, 2.75) is 19.5 Å². The van der Waals surface area contributed by atoms with Crippen molar-refractivity contribution in [1.82, 2.24) is 15.1 Å². The van der Waals surface area contributed by atoms with Crippen molar-refractivity contribution in [3.63, 3.8) is 0 Å². The molecule has 3 rings (SSSR count). The molecule has 27 heavy (non-hydrogen) atoms. The van der Waals surface area contributed by atoms with Gasteiger partial charge in [-0.15, -0.1) is 0 Å². The maximum atomic E-state index is 12.9. The largest absolute Gasteiger partial charge is 0.383 e. The summed E-state index contributed by atoms with van der Waals surface area (Å²) in [5.74, 6) is -0.487. The topological polar surface area (TPSA) is 76.5 Å². The van der Waals surface area contributed by atoms with Crippen LogP contribution in [0.1, 0.15) is 12.0 Å². The Kier molecular flexibility index (Phi) is 6.18. The third-order valence-electron chi connectivity index (χ3n) is 4.67. The van der Waals surface area contributed by atoms with Gasteiger partial charge in [-0.2, -0.15) is 5.10 Å². The van der Waals surface area contributed by atoms with Gasteiger partial charge in [-0.1, -0.05) is 12.1 Å². The van der Waals surface area contributed by atoms with Crippen molar-refractivity contribution in [2.24, 2.45) is 5.92 Å². The summed E-state index contributed by atoms with van der Waals surface area (Å²) < 4.78 is 19.2. The van der Waals surface area contributed by atoms with Crippen LogP contribution in [0.5, 0.6) is 0 Å². The Morgan fingerprint density at radius 1 is 1.37 bits per heavy atom. The van der Waals surface area contributed by atoms with E-state index in [0.717, 1.165) is 11.3 Å². The first-order chi connectivity index (χ1) is 13.1. The second-order valence-electron chi connectivity index (χ2n) is 6.54. The average Bonchev–Trinajstić information content (AvgIpc) is 3.16. The number of nitrogens with zero attached hydrogens (tertiary/aromatic N) is 3. The molecular weight excluding hydrogens is 351 g/mol. The SMILES string of the molecule is COCCn1ncc(N2CCC(C(=O)NCc3ccc(F)cc3)C2)cc1=O. The van der Waals surface area contributed by atoms with Crippen LogP contribution in [0, 0.1) is 11.7 Å². The molecule has 7 nitrogen and oxygen atoms in total. The summed E-state index contributed by atoms with van der Waals surface area (Å²) in [6, 6.07) is 7.60. The number of anilines is 1. The zero-order valence-corrected chi connectivity index (χ0v) is 15.2. The third kappa shape index (κ3) is 4.91. The number of amides is 1. The monoisotopic (exact) mass is 374 g/mol. The molecule has 0 aliphatic carbocycles. The lowest BCUT2D eigenvalue weighted by Gasteiger charge is -2.18. The molecule has 0 radical (unpaired) electrons. The summed E-state index contributed by atoms with van der Waals surface area (Å²) in [5.41, 5.74) is 1.39. The number of aromatic nitrogens is 2. The number of rotatable bonds is 7. The second kappa shape index (κ2) is 8.77. The summed E-state index contributed by atoms with van der Waals surface area (Å²) in [6.07, 6.45) is 2.36. The Labute approximate surface area is 156 Å². The summed E-state index contributed by atoms with van der Waals surface area (Å²) in [6.45, 7) is 2.43. The summed E-state index contributed by atoms with van der Waals surface area (Å²) >= 11 is 0. The number of methoxy groups -OCH3 is 1. The van der Waals surface area contributed by atoms with Crippen LogP contribution in [-0.2, 0) is 22.6 Å². The molecular formula is C19H23FN4O3.